The third-order valence-corrected chi connectivity index (χ3v) is 6.96. The number of hydrazone groups is 1. The molecule has 4 rings (SSSR count). The van der Waals surface area contributed by atoms with Crippen LogP contribution in [0.5, 0.6) is 0 Å². The van der Waals surface area contributed by atoms with Gasteiger partial charge in [-0.3, -0.25) is 14.3 Å². The largest absolute Gasteiger partial charge is 0.384 e. The first-order valence-corrected chi connectivity index (χ1v) is 13.0. The summed E-state index contributed by atoms with van der Waals surface area (Å²) in [5.74, 6) is 4.96. The van der Waals surface area contributed by atoms with Gasteiger partial charge >= 0.3 is 0 Å². The molecule has 1 fully saturated rings. The standard InChI is InChI=1S/C15H11Cl2NO.C6H13NS.C4H10N4O/c16-10-5-6-12(13(17)8-10)14-7-9-3-1-2-4-11(9)15(19)18-14;8-7-6-4-2-1-3-5-6;1-3(7-2-9)4(5)8-6/h1-6,8,14H,7H2,(H,18,19);6-8H,1-5H2;2-3H,6H2,1H3,(H2,5,8)(H,7,9). The van der Waals surface area contributed by atoms with Crippen molar-refractivity contribution in [1.29, 1.82) is 0 Å². The molecule has 0 radical (unpaired) electrons. The van der Waals surface area contributed by atoms with Crippen LogP contribution >= 0.6 is 36.0 Å². The van der Waals surface area contributed by atoms with Crippen molar-refractivity contribution >= 4 is 54.2 Å². The predicted octanol–water partition coefficient (Wildman–Crippen LogP) is 4.13. The summed E-state index contributed by atoms with van der Waals surface area (Å²) in [4.78, 5) is 21.8. The van der Waals surface area contributed by atoms with Crippen molar-refractivity contribution in [2.24, 2.45) is 16.7 Å². The van der Waals surface area contributed by atoms with Gasteiger partial charge in [0.2, 0.25) is 6.41 Å². The fraction of sp³-hybridized carbons (Fsp3) is 0.400. The van der Waals surface area contributed by atoms with Crippen molar-refractivity contribution in [3.63, 3.8) is 0 Å². The number of carbonyl (C=O) groups excluding carboxylic acids is 2. The number of amides is 2. The molecule has 1 aliphatic carbocycles. The smallest absolute Gasteiger partial charge is 0.252 e. The van der Waals surface area contributed by atoms with Crippen LogP contribution in [0.1, 0.15) is 66.6 Å². The molecule has 2 unspecified atom stereocenters. The number of amidine groups is 1. The van der Waals surface area contributed by atoms with E-state index in [4.69, 9.17) is 34.8 Å². The number of nitrogens with zero attached hydrogens (tertiary/aromatic N) is 1. The average Bonchev–Trinajstić information content (AvgIpc) is 2.89. The molecule has 1 heterocycles. The Labute approximate surface area is 228 Å². The lowest BCUT2D eigenvalue weighted by Gasteiger charge is -2.26. The SMILES string of the molecule is CC(NC=O)/C(N)=N/N.O=C1NC(c2ccc(Cl)cc2Cl)Cc2ccccc21.SNC1CCCCC1. The molecule has 7 N–H and O–H groups in total. The van der Waals surface area contributed by atoms with Gasteiger partial charge in [0.05, 0.1) is 12.1 Å². The van der Waals surface area contributed by atoms with Gasteiger partial charge in [-0.15, -0.1) is 0 Å². The van der Waals surface area contributed by atoms with Gasteiger partial charge < -0.3 is 22.2 Å². The topological polar surface area (TPSA) is 135 Å². The second kappa shape index (κ2) is 15.6. The molecule has 0 bridgehead atoms. The number of thiol groups is 1. The summed E-state index contributed by atoms with van der Waals surface area (Å²) in [6, 6.07) is 13.3. The zero-order chi connectivity index (χ0) is 26.5. The van der Waals surface area contributed by atoms with Crippen LogP contribution in [-0.4, -0.2) is 30.2 Å². The second-order valence-corrected chi connectivity index (χ2v) is 9.68. The minimum atomic E-state index is -0.285. The normalized spacial score (nSPS) is 18.3. The van der Waals surface area contributed by atoms with Crippen LogP contribution in [0.15, 0.2) is 47.6 Å². The van der Waals surface area contributed by atoms with Gasteiger partial charge in [-0.05, 0) is 55.5 Å². The van der Waals surface area contributed by atoms with E-state index >= 15 is 0 Å². The summed E-state index contributed by atoms with van der Waals surface area (Å²) in [5, 5.41) is 9.72. The Morgan fingerprint density at radius 1 is 1.19 bits per heavy atom. The molecule has 2 atom stereocenters. The van der Waals surface area contributed by atoms with E-state index in [9.17, 15) is 9.59 Å². The van der Waals surface area contributed by atoms with Crippen LogP contribution in [0.4, 0.5) is 0 Å². The molecule has 0 aromatic heterocycles. The van der Waals surface area contributed by atoms with Gasteiger partial charge in [-0.2, -0.15) is 5.10 Å². The first kappa shape index (κ1) is 29.8. The molecule has 11 heteroatoms. The maximum absolute atomic E-state index is 12.1. The number of fused-ring (bicyclic) bond motifs is 1. The van der Waals surface area contributed by atoms with Crippen molar-refractivity contribution in [3.8, 4) is 0 Å². The molecular formula is C25H34Cl2N6O2S. The van der Waals surface area contributed by atoms with E-state index in [2.05, 4.69) is 33.3 Å². The van der Waals surface area contributed by atoms with Crippen molar-refractivity contribution in [2.45, 2.75) is 63.6 Å². The molecule has 2 aromatic rings. The number of rotatable bonds is 5. The van der Waals surface area contributed by atoms with E-state index in [1.165, 1.54) is 32.1 Å². The van der Waals surface area contributed by atoms with E-state index in [1.807, 2.05) is 30.3 Å². The molecule has 1 saturated carbocycles. The van der Waals surface area contributed by atoms with Gasteiger partial charge in [0.15, 0.2) is 0 Å². The summed E-state index contributed by atoms with van der Waals surface area (Å²) in [6.07, 6.45) is 8.13. The van der Waals surface area contributed by atoms with Crippen LogP contribution in [0.2, 0.25) is 10.0 Å². The fourth-order valence-corrected chi connectivity index (χ4v) is 4.73. The van der Waals surface area contributed by atoms with Crippen LogP contribution in [-0.2, 0) is 11.2 Å². The van der Waals surface area contributed by atoms with Gasteiger partial charge in [0, 0.05) is 21.7 Å². The van der Waals surface area contributed by atoms with E-state index in [1.54, 1.807) is 19.1 Å². The van der Waals surface area contributed by atoms with E-state index in [0.29, 0.717) is 22.5 Å². The maximum atomic E-state index is 12.1. The molecule has 2 amide bonds. The Morgan fingerprint density at radius 3 is 2.47 bits per heavy atom. The lowest BCUT2D eigenvalue weighted by molar-refractivity contribution is -0.109. The molecule has 36 heavy (non-hydrogen) atoms. The molecule has 2 aromatic carbocycles. The minimum absolute atomic E-state index is 0.0575. The van der Waals surface area contributed by atoms with E-state index in [-0.39, 0.29) is 23.8 Å². The van der Waals surface area contributed by atoms with Crippen LogP contribution < -0.4 is 26.9 Å². The molecular weight excluding hydrogens is 519 g/mol. The number of nitrogens with two attached hydrogens (primary N) is 2. The van der Waals surface area contributed by atoms with Crippen molar-refractivity contribution < 1.29 is 9.59 Å². The number of benzene rings is 2. The summed E-state index contributed by atoms with van der Waals surface area (Å²) >= 11 is 16.1. The second-order valence-electron chi connectivity index (χ2n) is 8.58. The quantitative estimate of drug-likeness (QED) is 0.0827. The van der Waals surface area contributed by atoms with E-state index in [0.717, 1.165) is 23.1 Å². The molecule has 0 spiro atoms. The number of hydrogen-bond donors (Lipinski definition) is 6. The van der Waals surface area contributed by atoms with Gasteiger partial charge in [-0.1, -0.05) is 79.5 Å². The fourth-order valence-electron chi connectivity index (χ4n) is 3.93. The van der Waals surface area contributed by atoms with E-state index < -0.39 is 0 Å². The highest BCUT2D eigenvalue weighted by atomic mass is 35.5. The summed E-state index contributed by atoms with van der Waals surface area (Å²) in [6.45, 7) is 1.68. The average molecular weight is 554 g/mol. The number of carbonyl (C=O) groups is 2. The summed E-state index contributed by atoms with van der Waals surface area (Å²) in [5.41, 5.74) is 7.89. The Hall–Kier alpha value is -2.46. The highest BCUT2D eigenvalue weighted by Crippen LogP contribution is 2.31. The molecule has 0 saturated heterocycles. The van der Waals surface area contributed by atoms with Crippen molar-refractivity contribution in [3.05, 3.63) is 69.2 Å². The van der Waals surface area contributed by atoms with Crippen molar-refractivity contribution in [2.75, 3.05) is 0 Å². The third-order valence-electron chi connectivity index (χ3n) is 6.03. The number of hydrogen-bond acceptors (Lipinski definition) is 6. The molecule has 8 nitrogen and oxygen atoms in total. The Morgan fingerprint density at radius 2 is 1.89 bits per heavy atom. The molecule has 1 aliphatic heterocycles. The predicted molar refractivity (Wildman–Crippen MR) is 150 cm³/mol. The molecule has 196 valence electrons. The van der Waals surface area contributed by atoms with Crippen molar-refractivity contribution in [1.82, 2.24) is 15.4 Å². The van der Waals surface area contributed by atoms with Gasteiger partial charge in [0.1, 0.15) is 5.84 Å². The first-order valence-electron chi connectivity index (χ1n) is 11.8. The molecule has 2 aliphatic rings. The summed E-state index contributed by atoms with van der Waals surface area (Å²) in [7, 11) is 0. The first-order chi connectivity index (χ1) is 17.3. The highest BCUT2D eigenvalue weighted by Gasteiger charge is 2.26. The Kier molecular flexibility index (Phi) is 12.9. The minimum Gasteiger partial charge on any atom is -0.384 e. The lowest BCUT2D eigenvalue weighted by Crippen LogP contribution is -2.38. The zero-order valence-corrected chi connectivity index (χ0v) is 22.6. The van der Waals surface area contributed by atoms with Crippen LogP contribution in [0.25, 0.3) is 0 Å². The zero-order valence-electron chi connectivity index (χ0n) is 20.2. The van der Waals surface area contributed by atoms with Gasteiger partial charge in [0.25, 0.3) is 5.91 Å². The number of halogens is 2. The maximum Gasteiger partial charge on any atom is 0.252 e. The van der Waals surface area contributed by atoms with Crippen LogP contribution in [0, 0.1) is 0 Å². The van der Waals surface area contributed by atoms with Crippen LogP contribution in [0.3, 0.4) is 0 Å². The number of nitrogens with one attached hydrogen (secondary N) is 3. The Balaban J connectivity index is 0.000000224. The Bertz CT molecular complexity index is 1030. The highest BCUT2D eigenvalue weighted by molar-refractivity contribution is 7.78. The third kappa shape index (κ3) is 9.20. The van der Waals surface area contributed by atoms with Gasteiger partial charge in [-0.25, -0.2) is 0 Å². The lowest BCUT2D eigenvalue weighted by atomic mass is 9.91. The summed E-state index contributed by atoms with van der Waals surface area (Å²) < 4.78 is 3.00. The monoisotopic (exact) mass is 552 g/mol.